The summed E-state index contributed by atoms with van der Waals surface area (Å²) in [6, 6.07) is 5.43. The van der Waals surface area contributed by atoms with Crippen LogP contribution in [0.15, 0.2) is 18.2 Å². The second-order valence-corrected chi connectivity index (χ2v) is 7.35. The molecule has 2 nitrogen and oxygen atoms in total. The number of hydrogen-bond acceptors (Lipinski definition) is 2. The minimum absolute atomic E-state index is 0.254. The highest BCUT2D eigenvalue weighted by atomic mass is 35.5. The van der Waals surface area contributed by atoms with Gasteiger partial charge in [0.15, 0.2) is 0 Å². The molecule has 0 spiro atoms. The Kier molecular flexibility index (Phi) is 5.96. The van der Waals surface area contributed by atoms with Crippen molar-refractivity contribution in [2.75, 3.05) is 13.1 Å². The summed E-state index contributed by atoms with van der Waals surface area (Å²) in [6.45, 7) is 6.38. The molecule has 0 aliphatic carbocycles. The maximum absolute atomic E-state index is 10.7. The van der Waals surface area contributed by atoms with Crippen LogP contribution in [-0.4, -0.2) is 34.7 Å². The Morgan fingerprint density at radius 1 is 1.14 bits per heavy atom. The predicted octanol–water partition coefficient (Wildman–Crippen LogP) is 4.55. The van der Waals surface area contributed by atoms with Crippen LogP contribution in [0.3, 0.4) is 0 Å². The van der Waals surface area contributed by atoms with Crippen LogP contribution < -0.4 is 0 Å². The molecule has 1 saturated heterocycles. The van der Waals surface area contributed by atoms with E-state index >= 15 is 0 Å². The van der Waals surface area contributed by atoms with Crippen molar-refractivity contribution in [1.29, 1.82) is 0 Å². The summed E-state index contributed by atoms with van der Waals surface area (Å²) in [5.41, 5.74) is 0.662. The number of benzene rings is 1. The highest BCUT2D eigenvalue weighted by molar-refractivity contribution is 6.33. The van der Waals surface area contributed by atoms with Gasteiger partial charge < -0.3 is 5.11 Å². The van der Waals surface area contributed by atoms with Gasteiger partial charge in [-0.3, -0.25) is 4.90 Å². The molecule has 0 aromatic heterocycles. The number of hydrogen-bond donors (Lipinski definition) is 1. The lowest BCUT2D eigenvalue weighted by atomic mass is 9.89. The zero-order valence-electron chi connectivity index (χ0n) is 12.9. The Morgan fingerprint density at radius 2 is 1.76 bits per heavy atom. The van der Waals surface area contributed by atoms with Gasteiger partial charge in [-0.15, -0.1) is 0 Å². The van der Waals surface area contributed by atoms with Crippen molar-refractivity contribution in [3.8, 4) is 0 Å². The second-order valence-electron chi connectivity index (χ2n) is 6.51. The van der Waals surface area contributed by atoms with E-state index in [2.05, 4.69) is 18.7 Å². The van der Waals surface area contributed by atoms with Crippen LogP contribution >= 0.6 is 23.2 Å². The van der Waals surface area contributed by atoms with Crippen molar-refractivity contribution < 1.29 is 5.11 Å². The molecule has 0 saturated carbocycles. The van der Waals surface area contributed by atoms with Crippen LogP contribution in [0.5, 0.6) is 0 Å². The molecule has 21 heavy (non-hydrogen) atoms. The standard InChI is InChI=1S/C17H25Cl2NO/c1-17(2,20-9-5-3-4-6-10-20)16(21)12-13-11-14(18)7-8-15(13)19/h7-8,11,16,21H,3-6,9-10,12H2,1-2H3. The van der Waals surface area contributed by atoms with Crippen LogP contribution in [0.1, 0.15) is 45.1 Å². The Bertz CT molecular complexity index is 468. The summed E-state index contributed by atoms with van der Waals surface area (Å²) in [5.74, 6) is 0. The van der Waals surface area contributed by atoms with Crippen molar-refractivity contribution in [1.82, 2.24) is 4.90 Å². The van der Waals surface area contributed by atoms with Crippen LogP contribution in [0.2, 0.25) is 10.0 Å². The van der Waals surface area contributed by atoms with Gasteiger partial charge in [-0.25, -0.2) is 0 Å². The topological polar surface area (TPSA) is 23.5 Å². The molecule has 1 aliphatic heterocycles. The van der Waals surface area contributed by atoms with Crippen molar-refractivity contribution >= 4 is 23.2 Å². The third-order valence-electron chi connectivity index (χ3n) is 4.66. The van der Waals surface area contributed by atoms with Gasteiger partial charge in [0.25, 0.3) is 0 Å². The summed E-state index contributed by atoms with van der Waals surface area (Å²) < 4.78 is 0. The molecule has 1 aliphatic rings. The smallest absolute Gasteiger partial charge is 0.0759 e. The molecule has 1 fully saturated rings. The van der Waals surface area contributed by atoms with E-state index < -0.39 is 6.10 Å². The fraction of sp³-hybridized carbons (Fsp3) is 0.647. The Morgan fingerprint density at radius 3 is 2.38 bits per heavy atom. The van der Waals surface area contributed by atoms with E-state index in [1.165, 1.54) is 25.7 Å². The summed E-state index contributed by atoms with van der Waals surface area (Å²) in [4.78, 5) is 2.42. The van der Waals surface area contributed by atoms with Gasteiger partial charge in [0.1, 0.15) is 0 Å². The van der Waals surface area contributed by atoms with Crippen LogP contribution in [0.25, 0.3) is 0 Å². The summed E-state index contributed by atoms with van der Waals surface area (Å²) in [7, 11) is 0. The first-order valence-electron chi connectivity index (χ1n) is 7.78. The minimum Gasteiger partial charge on any atom is -0.391 e. The van der Waals surface area contributed by atoms with Gasteiger partial charge in [-0.05, 0) is 63.5 Å². The van der Waals surface area contributed by atoms with Gasteiger partial charge >= 0.3 is 0 Å². The molecule has 0 amide bonds. The molecule has 1 atom stereocenters. The summed E-state index contributed by atoms with van der Waals surface area (Å²) in [5, 5.41) is 12.1. The molecule has 1 aromatic rings. The first kappa shape index (κ1) is 17.1. The third-order valence-corrected chi connectivity index (χ3v) is 5.26. The lowest BCUT2D eigenvalue weighted by Gasteiger charge is -2.41. The molecule has 0 radical (unpaired) electrons. The molecule has 1 N–H and O–H groups in total. The van der Waals surface area contributed by atoms with E-state index in [9.17, 15) is 5.11 Å². The highest BCUT2D eigenvalue weighted by Gasteiger charge is 2.34. The Hall–Kier alpha value is -0.280. The fourth-order valence-corrected chi connectivity index (χ4v) is 3.40. The van der Waals surface area contributed by atoms with Crippen molar-refractivity contribution in [2.45, 2.75) is 57.6 Å². The van der Waals surface area contributed by atoms with Gasteiger partial charge in [0.2, 0.25) is 0 Å². The van der Waals surface area contributed by atoms with E-state index in [4.69, 9.17) is 23.2 Å². The molecule has 1 unspecified atom stereocenters. The number of likely N-dealkylation sites (tertiary alicyclic amines) is 1. The van der Waals surface area contributed by atoms with Crippen LogP contribution in [0, 0.1) is 0 Å². The van der Waals surface area contributed by atoms with E-state index in [-0.39, 0.29) is 5.54 Å². The van der Waals surface area contributed by atoms with Gasteiger partial charge in [-0.1, -0.05) is 36.0 Å². The number of aliphatic hydroxyl groups is 1. The van der Waals surface area contributed by atoms with Gasteiger partial charge in [0.05, 0.1) is 6.10 Å². The fourth-order valence-electron chi connectivity index (χ4n) is 3.02. The third kappa shape index (κ3) is 4.35. The average Bonchev–Trinajstić information content (AvgIpc) is 2.72. The normalized spacial score (nSPS) is 19.3. The first-order chi connectivity index (χ1) is 9.91. The Balaban J connectivity index is 2.09. The maximum atomic E-state index is 10.7. The first-order valence-corrected chi connectivity index (χ1v) is 8.54. The Labute approximate surface area is 138 Å². The molecule has 1 aromatic carbocycles. The van der Waals surface area contributed by atoms with E-state index in [0.717, 1.165) is 18.7 Å². The zero-order chi connectivity index (χ0) is 15.5. The monoisotopic (exact) mass is 329 g/mol. The highest BCUT2D eigenvalue weighted by Crippen LogP contribution is 2.28. The second kappa shape index (κ2) is 7.32. The van der Waals surface area contributed by atoms with Gasteiger partial charge in [0, 0.05) is 22.0 Å². The molecular formula is C17H25Cl2NO. The summed E-state index contributed by atoms with van der Waals surface area (Å²) >= 11 is 12.3. The zero-order valence-corrected chi connectivity index (χ0v) is 14.4. The number of nitrogens with zero attached hydrogens (tertiary/aromatic N) is 1. The van der Waals surface area contributed by atoms with E-state index in [1.807, 2.05) is 6.07 Å². The number of aliphatic hydroxyl groups excluding tert-OH is 1. The molecule has 0 bridgehead atoms. The quantitative estimate of drug-likeness (QED) is 0.875. The molecule has 118 valence electrons. The molecule has 4 heteroatoms. The predicted molar refractivity (Wildman–Crippen MR) is 90.3 cm³/mol. The largest absolute Gasteiger partial charge is 0.391 e. The van der Waals surface area contributed by atoms with Crippen molar-refractivity contribution in [3.05, 3.63) is 33.8 Å². The number of rotatable bonds is 4. The molecule has 2 rings (SSSR count). The average molecular weight is 330 g/mol. The van der Waals surface area contributed by atoms with Gasteiger partial charge in [-0.2, -0.15) is 0 Å². The molecule has 1 heterocycles. The van der Waals surface area contributed by atoms with Crippen molar-refractivity contribution in [2.24, 2.45) is 0 Å². The lowest BCUT2D eigenvalue weighted by molar-refractivity contribution is -0.00785. The van der Waals surface area contributed by atoms with E-state index in [0.29, 0.717) is 16.5 Å². The molecular weight excluding hydrogens is 305 g/mol. The maximum Gasteiger partial charge on any atom is 0.0759 e. The SMILES string of the molecule is CC(C)(C(O)Cc1cc(Cl)ccc1Cl)N1CCCCCC1. The van der Waals surface area contributed by atoms with Crippen LogP contribution in [-0.2, 0) is 6.42 Å². The summed E-state index contributed by atoms with van der Waals surface area (Å²) in [6.07, 6.45) is 5.09. The minimum atomic E-state index is -0.466. The lowest BCUT2D eigenvalue weighted by Crippen LogP contribution is -2.53. The van der Waals surface area contributed by atoms with E-state index in [1.54, 1.807) is 12.1 Å². The number of halogens is 2. The van der Waals surface area contributed by atoms with Crippen molar-refractivity contribution in [3.63, 3.8) is 0 Å². The van der Waals surface area contributed by atoms with Crippen LogP contribution in [0.4, 0.5) is 0 Å².